The number of ether oxygens (including phenoxy) is 1. The second-order valence-electron chi connectivity index (χ2n) is 4.56. The van der Waals surface area contributed by atoms with Gasteiger partial charge in [0.2, 0.25) is 0 Å². The summed E-state index contributed by atoms with van der Waals surface area (Å²) in [4.78, 5) is 16.5. The minimum atomic E-state index is -4.85. The van der Waals surface area contributed by atoms with E-state index in [1.807, 2.05) is 5.38 Å². The lowest BCUT2D eigenvalue weighted by molar-refractivity contribution is -0.274. The number of pyridine rings is 1. The molecule has 0 saturated carbocycles. The van der Waals surface area contributed by atoms with Crippen molar-refractivity contribution in [1.82, 2.24) is 4.98 Å². The molecule has 2 heterocycles. The number of alkyl halides is 3. The molecule has 0 amide bonds. The molecule has 0 aliphatic heterocycles. The predicted octanol–water partition coefficient (Wildman–Crippen LogP) is 4.56. The van der Waals surface area contributed by atoms with Crippen LogP contribution < -0.4 is 4.74 Å². The first kappa shape index (κ1) is 15.3. The average molecular weight is 339 g/mol. The summed E-state index contributed by atoms with van der Waals surface area (Å²) in [5.41, 5.74) is 0.600. The van der Waals surface area contributed by atoms with Crippen LogP contribution in [0.4, 0.5) is 13.2 Å². The minimum absolute atomic E-state index is 0.0829. The van der Waals surface area contributed by atoms with Crippen molar-refractivity contribution in [3.05, 3.63) is 47.3 Å². The molecule has 0 aliphatic rings. The lowest BCUT2D eigenvalue weighted by Crippen LogP contribution is -2.17. The molecule has 0 aliphatic carbocycles. The number of aromatic carboxylic acids is 1. The van der Waals surface area contributed by atoms with Crippen molar-refractivity contribution in [2.24, 2.45) is 0 Å². The fourth-order valence-electron chi connectivity index (χ4n) is 2.13. The summed E-state index contributed by atoms with van der Waals surface area (Å²) in [7, 11) is 0. The van der Waals surface area contributed by atoms with Crippen LogP contribution in [0, 0.1) is 0 Å². The quantitative estimate of drug-likeness (QED) is 0.760. The van der Waals surface area contributed by atoms with Crippen LogP contribution in [-0.2, 0) is 0 Å². The number of carbonyl (C=O) groups is 1. The topological polar surface area (TPSA) is 59.4 Å². The van der Waals surface area contributed by atoms with Crippen molar-refractivity contribution in [3.8, 4) is 16.3 Å². The first-order valence-corrected chi connectivity index (χ1v) is 7.19. The molecule has 118 valence electrons. The van der Waals surface area contributed by atoms with Crippen molar-refractivity contribution < 1.29 is 27.8 Å². The summed E-state index contributed by atoms with van der Waals surface area (Å²) in [6.45, 7) is 0. The number of aromatic nitrogens is 1. The van der Waals surface area contributed by atoms with Crippen LogP contribution in [0.2, 0.25) is 0 Å². The average Bonchev–Trinajstić information content (AvgIpc) is 2.98. The molecule has 3 rings (SSSR count). The van der Waals surface area contributed by atoms with E-state index in [0.29, 0.717) is 5.69 Å². The minimum Gasteiger partial charge on any atom is -0.478 e. The van der Waals surface area contributed by atoms with Crippen LogP contribution in [-0.4, -0.2) is 22.4 Å². The number of nitrogens with zero attached hydrogens (tertiary/aromatic N) is 1. The van der Waals surface area contributed by atoms with Crippen LogP contribution in [0.3, 0.4) is 0 Å². The molecular weight excluding hydrogens is 331 g/mol. The van der Waals surface area contributed by atoms with Crippen LogP contribution in [0.15, 0.2) is 41.8 Å². The molecule has 2 aromatic heterocycles. The van der Waals surface area contributed by atoms with E-state index in [-0.39, 0.29) is 16.5 Å². The molecule has 1 N–H and O–H groups in total. The third kappa shape index (κ3) is 3.26. The summed E-state index contributed by atoms with van der Waals surface area (Å²) >= 11 is 1.39. The molecule has 23 heavy (non-hydrogen) atoms. The first-order valence-electron chi connectivity index (χ1n) is 6.31. The largest absolute Gasteiger partial charge is 0.573 e. The molecule has 3 aromatic rings. The van der Waals surface area contributed by atoms with Crippen LogP contribution in [0.5, 0.6) is 5.75 Å². The standard InChI is InChI=1S/C15H8F3NO3S/c16-15(17,18)22-8-3-4-11-9(6-8)10(14(20)21)7-12(19-11)13-2-1-5-23-13/h1-7H,(H,20,21). The Bertz CT molecular complexity index is 876. The van der Waals surface area contributed by atoms with Gasteiger partial charge < -0.3 is 9.84 Å². The Balaban J connectivity index is 2.18. The van der Waals surface area contributed by atoms with Gasteiger partial charge in [0.05, 0.1) is 21.7 Å². The number of carboxylic acid groups (broad SMARTS) is 1. The zero-order valence-corrected chi connectivity index (χ0v) is 12.1. The van der Waals surface area contributed by atoms with Crippen LogP contribution >= 0.6 is 11.3 Å². The van der Waals surface area contributed by atoms with Crippen molar-refractivity contribution >= 4 is 28.2 Å². The number of hydrogen-bond acceptors (Lipinski definition) is 4. The fourth-order valence-corrected chi connectivity index (χ4v) is 2.82. The Morgan fingerprint density at radius 3 is 2.61 bits per heavy atom. The van der Waals surface area contributed by atoms with Gasteiger partial charge in [0.25, 0.3) is 0 Å². The fraction of sp³-hybridized carbons (Fsp3) is 0.0667. The van der Waals surface area contributed by atoms with Crippen molar-refractivity contribution in [2.45, 2.75) is 6.36 Å². The van der Waals surface area contributed by atoms with E-state index in [1.54, 1.807) is 12.1 Å². The van der Waals surface area contributed by atoms with Crippen LogP contribution in [0.1, 0.15) is 10.4 Å². The van der Waals surface area contributed by atoms with Crippen molar-refractivity contribution in [3.63, 3.8) is 0 Å². The molecule has 8 heteroatoms. The molecule has 1 aromatic carbocycles. The SMILES string of the molecule is O=C(O)c1cc(-c2cccs2)nc2ccc(OC(F)(F)F)cc12. The molecule has 0 radical (unpaired) electrons. The molecule has 0 spiro atoms. The molecule has 4 nitrogen and oxygen atoms in total. The molecule has 0 saturated heterocycles. The smallest absolute Gasteiger partial charge is 0.478 e. The first-order chi connectivity index (χ1) is 10.8. The zero-order chi connectivity index (χ0) is 16.6. The number of halogens is 3. The molecule has 0 fully saturated rings. The van der Waals surface area contributed by atoms with Gasteiger partial charge in [0.1, 0.15) is 5.75 Å². The Hall–Kier alpha value is -2.61. The number of benzene rings is 1. The highest BCUT2D eigenvalue weighted by atomic mass is 32.1. The van der Waals surface area contributed by atoms with Crippen LogP contribution in [0.25, 0.3) is 21.5 Å². The predicted molar refractivity (Wildman–Crippen MR) is 78.7 cm³/mol. The van der Waals surface area contributed by atoms with Gasteiger partial charge in [-0.3, -0.25) is 0 Å². The van der Waals surface area contributed by atoms with E-state index < -0.39 is 18.1 Å². The maximum absolute atomic E-state index is 12.3. The number of hydrogen-bond donors (Lipinski definition) is 1. The maximum Gasteiger partial charge on any atom is 0.573 e. The monoisotopic (exact) mass is 339 g/mol. The highest BCUT2D eigenvalue weighted by Gasteiger charge is 2.31. The molecule has 0 atom stereocenters. The second kappa shape index (κ2) is 5.54. The third-order valence-electron chi connectivity index (χ3n) is 3.02. The van der Waals surface area contributed by atoms with Crippen molar-refractivity contribution in [1.29, 1.82) is 0 Å². The summed E-state index contributed by atoms with van der Waals surface area (Å²) in [6, 6.07) is 8.36. The second-order valence-corrected chi connectivity index (χ2v) is 5.51. The van der Waals surface area contributed by atoms with E-state index in [0.717, 1.165) is 17.0 Å². The number of fused-ring (bicyclic) bond motifs is 1. The van der Waals surface area contributed by atoms with Gasteiger partial charge in [-0.15, -0.1) is 24.5 Å². The van der Waals surface area contributed by atoms with E-state index in [1.165, 1.54) is 23.5 Å². The van der Waals surface area contributed by atoms with Crippen molar-refractivity contribution in [2.75, 3.05) is 0 Å². The molecular formula is C15H8F3NO3S. The number of carboxylic acids is 1. The summed E-state index contributed by atoms with van der Waals surface area (Å²) in [6.07, 6.45) is -4.85. The van der Waals surface area contributed by atoms with E-state index >= 15 is 0 Å². The number of rotatable bonds is 3. The number of thiophene rings is 1. The zero-order valence-electron chi connectivity index (χ0n) is 11.3. The maximum atomic E-state index is 12.3. The highest BCUT2D eigenvalue weighted by Crippen LogP contribution is 2.31. The molecule has 0 unspecified atom stereocenters. The van der Waals surface area contributed by atoms with Gasteiger partial charge in [0, 0.05) is 5.39 Å². The Labute approximate surface area is 131 Å². The third-order valence-corrected chi connectivity index (χ3v) is 3.91. The van der Waals surface area contributed by atoms with Gasteiger partial charge in [-0.25, -0.2) is 9.78 Å². The lowest BCUT2D eigenvalue weighted by atomic mass is 10.1. The van der Waals surface area contributed by atoms with Gasteiger partial charge in [-0.05, 0) is 35.7 Å². The van der Waals surface area contributed by atoms with E-state index in [2.05, 4.69) is 9.72 Å². The molecule has 0 bridgehead atoms. The van der Waals surface area contributed by atoms with Gasteiger partial charge in [-0.2, -0.15) is 0 Å². The normalized spacial score (nSPS) is 11.6. The summed E-state index contributed by atoms with van der Waals surface area (Å²) in [5, 5.41) is 11.2. The van der Waals surface area contributed by atoms with Gasteiger partial charge in [-0.1, -0.05) is 6.07 Å². The summed E-state index contributed by atoms with van der Waals surface area (Å²) < 4.78 is 40.7. The Morgan fingerprint density at radius 1 is 1.22 bits per heavy atom. The lowest BCUT2D eigenvalue weighted by Gasteiger charge is -2.11. The Morgan fingerprint density at radius 2 is 2.00 bits per heavy atom. The van der Waals surface area contributed by atoms with Gasteiger partial charge >= 0.3 is 12.3 Å². The van der Waals surface area contributed by atoms with E-state index in [4.69, 9.17) is 0 Å². The highest BCUT2D eigenvalue weighted by molar-refractivity contribution is 7.13. The van der Waals surface area contributed by atoms with E-state index in [9.17, 15) is 23.1 Å². The summed E-state index contributed by atoms with van der Waals surface area (Å²) in [5.74, 6) is -1.74. The van der Waals surface area contributed by atoms with Gasteiger partial charge in [0.15, 0.2) is 0 Å². The Kier molecular flexibility index (Phi) is 3.69.